The van der Waals surface area contributed by atoms with E-state index < -0.39 is 0 Å². The van der Waals surface area contributed by atoms with Crippen LogP contribution in [0.4, 0.5) is 4.39 Å². The van der Waals surface area contributed by atoms with Crippen LogP contribution in [0, 0.1) is 5.82 Å². The van der Waals surface area contributed by atoms with Crippen molar-refractivity contribution in [2.24, 2.45) is 0 Å². The lowest BCUT2D eigenvalue weighted by atomic mass is 9.97. The fourth-order valence-electron chi connectivity index (χ4n) is 2.69. The van der Waals surface area contributed by atoms with Crippen molar-refractivity contribution in [2.45, 2.75) is 13.3 Å². The van der Waals surface area contributed by atoms with Crippen molar-refractivity contribution in [1.29, 1.82) is 0 Å². The van der Waals surface area contributed by atoms with Crippen LogP contribution in [0.3, 0.4) is 0 Å². The summed E-state index contributed by atoms with van der Waals surface area (Å²) >= 11 is 0. The average Bonchev–Trinajstić information content (AvgIpc) is 2.78. The van der Waals surface area contributed by atoms with Crippen molar-refractivity contribution in [1.82, 2.24) is 0 Å². The molecule has 19 heavy (non-hydrogen) atoms. The van der Waals surface area contributed by atoms with Gasteiger partial charge in [0.15, 0.2) is 0 Å². The Labute approximate surface area is 112 Å². The Morgan fingerprint density at radius 3 is 2.47 bits per heavy atom. The maximum atomic E-state index is 13.1. The highest BCUT2D eigenvalue weighted by molar-refractivity contribution is 5.88. The van der Waals surface area contributed by atoms with Gasteiger partial charge >= 0.3 is 0 Å². The summed E-state index contributed by atoms with van der Waals surface area (Å²) in [6.45, 7) is 2.03. The largest absolute Gasteiger partial charge is 0.207 e. The van der Waals surface area contributed by atoms with E-state index in [9.17, 15) is 4.39 Å². The lowest BCUT2D eigenvalue weighted by molar-refractivity contribution is 0.627. The fourth-order valence-corrected chi connectivity index (χ4v) is 2.69. The smallest absolute Gasteiger partial charge is 0.123 e. The molecule has 0 nitrogen and oxygen atoms in total. The van der Waals surface area contributed by atoms with Crippen LogP contribution < -0.4 is 0 Å². The summed E-state index contributed by atoms with van der Waals surface area (Å²) in [7, 11) is 0. The van der Waals surface area contributed by atoms with Gasteiger partial charge in [-0.15, -0.1) is 0 Å². The van der Waals surface area contributed by atoms with Gasteiger partial charge in [-0.05, 0) is 53.3 Å². The van der Waals surface area contributed by atoms with E-state index in [4.69, 9.17) is 0 Å². The molecule has 94 valence electrons. The van der Waals surface area contributed by atoms with E-state index >= 15 is 0 Å². The summed E-state index contributed by atoms with van der Waals surface area (Å²) in [5.41, 5.74) is 6.22. The summed E-state index contributed by atoms with van der Waals surface area (Å²) < 4.78 is 13.1. The second-order valence-corrected chi connectivity index (χ2v) is 4.74. The third-order valence-electron chi connectivity index (χ3n) is 3.49. The van der Waals surface area contributed by atoms with Gasteiger partial charge in [0.05, 0.1) is 0 Å². The summed E-state index contributed by atoms with van der Waals surface area (Å²) in [6.07, 6.45) is 5.16. The minimum Gasteiger partial charge on any atom is -0.207 e. The monoisotopic (exact) mass is 250 g/mol. The molecule has 0 atom stereocenters. The Hall–Kier alpha value is -2.15. The summed E-state index contributed by atoms with van der Waals surface area (Å²) in [4.78, 5) is 0. The molecule has 0 saturated carbocycles. The first-order chi connectivity index (χ1) is 9.29. The number of benzene rings is 2. The van der Waals surface area contributed by atoms with Crippen molar-refractivity contribution in [3.8, 4) is 0 Å². The maximum Gasteiger partial charge on any atom is 0.123 e. The standard InChI is InChI=1S/C18H15F/c1-2-5-15-12-14-6-3-4-7-17(14)18(15)13-8-10-16(19)11-9-13/h2-11H,12H2,1H3/b5-2+. The first kappa shape index (κ1) is 11.9. The number of hydrogen-bond donors (Lipinski definition) is 0. The zero-order valence-corrected chi connectivity index (χ0v) is 10.9. The molecule has 0 heterocycles. The topological polar surface area (TPSA) is 0 Å². The van der Waals surface area contributed by atoms with Gasteiger partial charge in [0, 0.05) is 0 Å². The van der Waals surface area contributed by atoms with Gasteiger partial charge in [0.2, 0.25) is 0 Å². The van der Waals surface area contributed by atoms with Crippen molar-refractivity contribution in [3.05, 3.63) is 88.8 Å². The molecule has 1 aliphatic rings. The number of hydrogen-bond acceptors (Lipinski definition) is 0. The minimum absolute atomic E-state index is 0.191. The van der Waals surface area contributed by atoms with E-state index in [1.165, 1.54) is 34.4 Å². The molecule has 2 aromatic carbocycles. The van der Waals surface area contributed by atoms with Gasteiger partial charge in [-0.3, -0.25) is 0 Å². The predicted molar refractivity (Wildman–Crippen MR) is 77.4 cm³/mol. The number of rotatable bonds is 2. The van der Waals surface area contributed by atoms with Crippen LogP contribution in [-0.2, 0) is 6.42 Å². The molecule has 0 fully saturated rings. The molecule has 2 aromatic rings. The van der Waals surface area contributed by atoms with Crippen LogP contribution in [-0.4, -0.2) is 0 Å². The number of allylic oxidation sites excluding steroid dienone is 3. The van der Waals surface area contributed by atoms with Crippen LogP contribution in [0.25, 0.3) is 5.57 Å². The molecule has 1 aliphatic carbocycles. The van der Waals surface area contributed by atoms with E-state index in [1.54, 1.807) is 0 Å². The molecule has 0 bridgehead atoms. The third kappa shape index (κ3) is 2.12. The SMILES string of the molecule is C/C=C/C1=C(c2ccc(F)cc2)c2ccccc2C1. The van der Waals surface area contributed by atoms with Crippen LogP contribution in [0.2, 0.25) is 0 Å². The summed E-state index contributed by atoms with van der Waals surface area (Å²) in [6, 6.07) is 15.2. The van der Waals surface area contributed by atoms with Crippen LogP contribution in [0.5, 0.6) is 0 Å². The van der Waals surface area contributed by atoms with E-state index in [1.807, 2.05) is 19.1 Å². The summed E-state index contributed by atoms with van der Waals surface area (Å²) in [5, 5.41) is 0. The molecule has 0 aromatic heterocycles. The Kier molecular flexibility index (Phi) is 3.04. The van der Waals surface area contributed by atoms with Crippen LogP contribution in [0.15, 0.2) is 66.3 Å². The van der Waals surface area contributed by atoms with Crippen molar-refractivity contribution < 1.29 is 4.39 Å². The normalized spacial score (nSPS) is 14.2. The lowest BCUT2D eigenvalue weighted by Gasteiger charge is -2.07. The first-order valence-electron chi connectivity index (χ1n) is 6.49. The molecule has 0 saturated heterocycles. The maximum absolute atomic E-state index is 13.1. The van der Waals surface area contributed by atoms with Gasteiger partial charge in [0.25, 0.3) is 0 Å². The Morgan fingerprint density at radius 1 is 1.00 bits per heavy atom. The highest BCUT2D eigenvalue weighted by atomic mass is 19.1. The van der Waals surface area contributed by atoms with Crippen molar-refractivity contribution in [3.63, 3.8) is 0 Å². The predicted octanol–water partition coefficient (Wildman–Crippen LogP) is 4.76. The van der Waals surface area contributed by atoms with E-state index in [-0.39, 0.29) is 5.82 Å². The lowest BCUT2D eigenvalue weighted by Crippen LogP contribution is -1.88. The molecule has 0 aliphatic heterocycles. The van der Waals surface area contributed by atoms with Gasteiger partial charge in [-0.1, -0.05) is 48.6 Å². The molecule has 1 heteroatoms. The highest BCUT2D eigenvalue weighted by Crippen LogP contribution is 2.37. The number of fused-ring (bicyclic) bond motifs is 1. The molecule has 0 amide bonds. The molecule has 0 N–H and O–H groups in total. The quantitative estimate of drug-likeness (QED) is 0.721. The molecule has 0 radical (unpaired) electrons. The van der Waals surface area contributed by atoms with Gasteiger partial charge in [0.1, 0.15) is 5.82 Å². The Bertz CT molecular complexity index is 660. The molecule has 0 unspecified atom stereocenters. The second-order valence-electron chi connectivity index (χ2n) is 4.74. The average molecular weight is 250 g/mol. The first-order valence-corrected chi connectivity index (χ1v) is 6.49. The minimum atomic E-state index is -0.191. The summed E-state index contributed by atoms with van der Waals surface area (Å²) in [5.74, 6) is -0.191. The Morgan fingerprint density at radius 2 is 1.74 bits per heavy atom. The highest BCUT2D eigenvalue weighted by Gasteiger charge is 2.20. The zero-order valence-electron chi connectivity index (χ0n) is 10.9. The fraction of sp³-hybridized carbons (Fsp3) is 0.111. The van der Waals surface area contributed by atoms with Gasteiger partial charge in [-0.25, -0.2) is 4.39 Å². The van der Waals surface area contributed by atoms with Crippen LogP contribution in [0.1, 0.15) is 23.6 Å². The van der Waals surface area contributed by atoms with Gasteiger partial charge in [-0.2, -0.15) is 0 Å². The second kappa shape index (κ2) is 4.85. The van der Waals surface area contributed by atoms with E-state index in [0.29, 0.717) is 0 Å². The van der Waals surface area contributed by atoms with Gasteiger partial charge < -0.3 is 0 Å². The molecule has 3 rings (SSSR count). The Balaban J connectivity index is 2.18. The molecular weight excluding hydrogens is 235 g/mol. The van der Waals surface area contributed by atoms with Crippen LogP contribution >= 0.6 is 0 Å². The van der Waals surface area contributed by atoms with E-state index in [0.717, 1.165) is 12.0 Å². The van der Waals surface area contributed by atoms with Crippen molar-refractivity contribution >= 4 is 5.57 Å². The van der Waals surface area contributed by atoms with Crippen molar-refractivity contribution in [2.75, 3.05) is 0 Å². The zero-order chi connectivity index (χ0) is 13.2. The third-order valence-corrected chi connectivity index (χ3v) is 3.49. The molecule has 0 spiro atoms. The van der Waals surface area contributed by atoms with E-state index in [2.05, 4.69) is 36.4 Å². The number of halogens is 1. The molecular formula is C18H15F.